The molecule has 21 heavy (non-hydrogen) atoms. The third kappa shape index (κ3) is 12.8. The Morgan fingerprint density at radius 3 is 2.24 bits per heavy atom. The summed E-state index contributed by atoms with van der Waals surface area (Å²) in [4.78, 5) is 14.0. The van der Waals surface area contributed by atoms with Crippen molar-refractivity contribution in [3.8, 4) is 0 Å². The van der Waals surface area contributed by atoms with Gasteiger partial charge in [-0.15, -0.1) is 0 Å². The van der Waals surface area contributed by atoms with Crippen LogP contribution in [0.15, 0.2) is 0 Å². The van der Waals surface area contributed by atoms with Gasteiger partial charge in [0.2, 0.25) is 0 Å². The molecule has 0 saturated carbocycles. The molecule has 0 rings (SSSR count). The van der Waals surface area contributed by atoms with Gasteiger partial charge in [0.25, 0.3) is 0 Å². The molecule has 0 saturated heterocycles. The molecule has 0 radical (unpaired) electrons. The number of esters is 1. The second-order valence-electron chi connectivity index (χ2n) is 5.97. The van der Waals surface area contributed by atoms with E-state index in [2.05, 4.69) is 17.1 Å². The van der Waals surface area contributed by atoms with Crippen molar-refractivity contribution in [2.45, 2.75) is 71.3 Å². The summed E-state index contributed by atoms with van der Waals surface area (Å²) in [6, 6.07) is -0.138. The fourth-order valence-corrected chi connectivity index (χ4v) is 2.31. The molecule has 0 aliphatic heterocycles. The summed E-state index contributed by atoms with van der Waals surface area (Å²) < 4.78 is 5.16. The molecule has 0 aliphatic rings. The number of ether oxygens (including phenoxy) is 1. The summed E-state index contributed by atoms with van der Waals surface area (Å²) in [7, 11) is 4.08. The Morgan fingerprint density at radius 1 is 1.05 bits per heavy atom. The van der Waals surface area contributed by atoms with Gasteiger partial charge in [-0.25, -0.2) is 0 Å². The normalized spacial score (nSPS) is 12.6. The molecule has 0 spiro atoms. The third-order valence-corrected chi connectivity index (χ3v) is 3.62. The van der Waals surface area contributed by atoms with E-state index in [1.807, 2.05) is 21.0 Å². The average Bonchev–Trinajstić information content (AvgIpc) is 2.44. The molecule has 4 nitrogen and oxygen atoms in total. The topological polar surface area (TPSA) is 41.6 Å². The number of rotatable bonds is 14. The van der Waals surface area contributed by atoms with Crippen LogP contribution in [0.3, 0.4) is 0 Å². The Morgan fingerprint density at radius 2 is 1.67 bits per heavy atom. The van der Waals surface area contributed by atoms with Gasteiger partial charge in [0.05, 0.1) is 6.61 Å². The molecule has 4 heteroatoms. The second-order valence-corrected chi connectivity index (χ2v) is 5.97. The van der Waals surface area contributed by atoms with Gasteiger partial charge in [-0.05, 0) is 27.4 Å². The predicted molar refractivity (Wildman–Crippen MR) is 89.6 cm³/mol. The van der Waals surface area contributed by atoms with E-state index in [0.717, 1.165) is 25.9 Å². The number of hydrogen-bond donors (Lipinski definition) is 1. The molecular formula is C17H36N2O2. The summed E-state index contributed by atoms with van der Waals surface area (Å²) >= 11 is 0. The molecule has 1 unspecified atom stereocenters. The molecule has 0 heterocycles. The first-order chi connectivity index (χ1) is 10.1. The lowest BCUT2D eigenvalue weighted by Gasteiger charge is -2.18. The van der Waals surface area contributed by atoms with E-state index in [9.17, 15) is 4.79 Å². The quantitative estimate of drug-likeness (QED) is 0.395. The fraction of sp³-hybridized carbons (Fsp3) is 0.941. The van der Waals surface area contributed by atoms with Crippen molar-refractivity contribution >= 4 is 5.97 Å². The Kier molecular flexibility index (Phi) is 13.9. The van der Waals surface area contributed by atoms with Gasteiger partial charge < -0.3 is 15.0 Å². The molecule has 0 aromatic heterocycles. The minimum atomic E-state index is -0.138. The lowest BCUT2D eigenvalue weighted by atomic mass is 10.0. The van der Waals surface area contributed by atoms with Gasteiger partial charge in [0.15, 0.2) is 0 Å². The Labute approximate surface area is 131 Å². The van der Waals surface area contributed by atoms with Crippen LogP contribution in [0.25, 0.3) is 0 Å². The molecule has 0 aromatic carbocycles. The van der Waals surface area contributed by atoms with Gasteiger partial charge in [0, 0.05) is 13.1 Å². The zero-order valence-corrected chi connectivity index (χ0v) is 14.6. The van der Waals surface area contributed by atoms with Gasteiger partial charge in [-0.1, -0.05) is 51.9 Å². The van der Waals surface area contributed by atoms with Crippen LogP contribution in [-0.4, -0.2) is 50.7 Å². The first kappa shape index (κ1) is 20.4. The lowest BCUT2D eigenvalue weighted by Crippen LogP contribution is -2.41. The van der Waals surface area contributed by atoms with Crippen LogP contribution < -0.4 is 5.32 Å². The van der Waals surface area contributed by atoms with Crippen molar-refractivity contribution in [1.82, 2.24) is 10.2 Å². The van der Waals surface area contributed by atoms with E-state index in [1.54, 1.807) is 0 Å². The molecule has 0 fully saturated rings. The minimum Gasteiger partial charge on any atom is -0.465 e. The predicted octanol–water partition coefficient (Wildman–Crippen LogP) is 3.21. The molecule has 126 valence electrons. The van der Waals surface area contributed by atoms with Crippen LogP contribution in [0, 0.1) is 0 Å². The zero-order valence-electron chi connectivity index (χ0n) is 14.6. The summed E-state index contributed by atoms with van der Waals surface area (Å²) in [5, 5.41) is 3.33. The van der Waals surface area contributed by atoms with Gasteiger partial charge in [0.1, 0.15) is 6.04 Å². The van der Waals surface area contributed by atoms with Crippen molar-refractivity contribution in [2.75, 3.05) is 33.8 Å². The van der Waals surface area contributed by atoms with E-state index in [-0.39, 0.29) is 12.0 Å². The van der Waals surface area contributed by atoms with Gasteiger partial charge >= 0.3 is 5.97 Å². The SMILES string of the molecule is CCCCCCCCCC(NCCN(C)C)C(=O)OCC. The number of nitrogens with zero attached hydrogens (tertiary/aromatic N) is 1. The Bertz CT molecular complexity index is 245. The molecule has 1 atom stereocenters. The maximum absolute atomic E-state index is 11.9. The van der Waals surface area contributed by atoms with Crippen molar-refractivity contribution < 1.29 is 9.53 Å². The summed E-state index contributed by atoms with van der Waals surface area (Å²) in [5.74, 6) is -0.0951. The average molecular weight is 300 g/mol. The third-order valence-electron chi connectivity index (χ3n) is 3.62. The van der Waals surface area contributed by atoms with E-state index >= 15 is 0 Å². The molecule has 0 aromatic rings. The highest BCUT2D eigenvalue weighted by molar-refractivity contribution is 5.75. The summed E-state index contributed by atoms with van der Waals surface area (Å²) in [6.45, 7) is 6.33. The zero-order chi connectivity index (χ0) is 15.9. The maximum atomic E-state index is 11.9. The fourth-order valence-electron chi connectivity index (χ4n) is 2.31. The molecule has 0 amide bonds. The molecular weight excluding hydrogens is 264 g/mol. The number of likely N-dealkylation sites (N-methyl/N-ethyl adjacent to an activating group) is 1. The molecule has 0 aliphatic carbocycles. The van der Waals surface area contributed by atoms with E-state index < -0.39 is 0 Å². The number of unbranched alkanes of at least 4 members (excludes halogenated alkanes) is 6. The highest BCUT2D eigenvalue weighted by atomic mass is 16.5. The van der Waals surface area contributed by atoms with Gasteiger partial charge in [-0.3, -0.25) is 4.79 Å². The monoisotopic (exact) mass is 300 g/mol. The smallest absolute Gasteiger partial charge is 0.323 e. The van der Waals surface area contributed by atoms with Crippen LogP contribution >= 0.6 is 0 Å². The number of hydrogen-bond acceptors (Lipinski definition) is 4. The van der Waals surface area contributed by atoms with Crippen LogP contribution in [0.4, 0.5) is 0 Å². The van der Waals surface area contributed by atoms with Crippen molar-refractivity contribution in [3.05, 3.63) is 0 Å². The second kappa shape index (κ2) is 14.3. The van der Waals surface area contributed by atoms with Crippen LogP contribution in [0.1, 0.15) is 65.2 Å². The lowest BCUT2D eigenvalue weighted by molar-refractivity contribution is -0.145. The highest BCUT2D eigenvalue weighted by Crippen LogP contribution is 2.10. The minimum absolute atomic E-state index is 0.0951. The molecule has 0 bridgehead atoms. The van der Waals surface area contributed by atoms with Crippen molar-refractivity contribution in [1.29, 1.82) is 0 Å². The van der Waals surface area contributed by atoms with Crippen LogP contribution in [0.5, 0.6) is 0 Å². The maximum Gasteiger partial charge on any atom is 0.323 e. The van der Waals surface area contributed by atoms with Crippen molar-refractivity contribution in [3.63, 3.8) is 0 Å². The first-order valence-corrected chi connectivity index (χ1v) is 8.66. The van der Waals surface area contributed by atoms with Crippen molar-refractivity contribution in [2.24, 2.45) is 0 Å². The number of carbonyl (C=O) groups excluding carboxylic acids is 1. The highest BCUT2D eigenvalue weighted by Gasteiger charge is 2.18. The summed E-state index contributed by atoms with van der Waals surface area (Å²) in [6.07, 6.45) is 9.80. The van der Waals surface area contributed by atoms with E-state index in [4.69, 9.17) is 4.74 Å². The Balaban J connectivity index is 3.84. The standard InChI is InChI=1S/C17H36N2O2/c1-5-7-8-9-10-11-12-13-16(17(20)21-6-2)18-14-15-19(3)4/h16,18H,5-15H2,1-4H3. The van der Waals surface area contributed by atoms with Crippen LogP contribution in [-0.2, 0) is 9.53 Å². The Hall–Kier alpha value is -0.610. The number of carbonyl (C=O) groups is 1. The summed E-state index contributed by atoms with van der Waals surface area (Å²) in [5.41, 5.74) is 0. The van der Waals surface area contributed by atoms with Crippen LogP contribution in [0.2, 0.25) is 0 Å². The molecule has 1 N–H and O–H groups in total. The first-order valence-electron chi connectivity index (χ1n) is 8.66. The van der Waals surface area contributed by atoms with E-state index in [1.165, 1.54) is 38.5 Å². The van der Waals surface area contributed by atoms with Gasteiger partial charge in [-0.2, -0.15) is 0 Å². The largest absolute Gasteiger partial charge is 0.465 e. The van der Waals surface area contributed by atoms with E-state index in [0.29, 0.717) is 6.61 Å². The number of nitrogens with one attached hydrogen (secondary N) is 1.